The van der Waals surface area contributed by atoms with E-state index in [0.29, 0.717) is 21.9 Å². The number of nitrogens with zero attached hydrogens (tertiary/aromatic N) is 2. The number of anilines is 1. The minimum atomic E-state index is 0.575. The predicted octanol–water partition coefficient (Wildman–Crippen LogP) is 3.79. The fourth-order valence-electron chi connectivity index (χ4n) is 1.86. The van der Waals surface area contributed by atoms with Gasteiger partial charge in [-0.25, -0.2) is 4.68 Å². The highest BCUT2D eigenvalue weighted by Gasteiger charge is 2.11. The fraction of sp³-hybridized carbons (Fsp3) is 0.0714. The molecule has 2 N–H and O–H groups in total. The van der Waals surface area contributed by atoms with Crippen molar-refractivity contribution < 1.29 is 4.42 Å². The zero-order valence-corrected chi connectivity index (χ0v) is 11.9. The van der Waals surface area contributed by atoms with Crippen LogP contribution in [0.1, 0.15) is 5.56 Å². The van der Waals surface area contributed by atoms with Crippen molar-refractivity contribution in [2.24, 2.45) is 0 Å². The summed E-state index contributed by atoms with van der Waals surface area (Å²) in [5.74, 6) is 1.26. The molecular formula is C14H12BrN3O. The number of furan rings is 1. The number of nitrogen functional groups attached to an aromatic ring is 1. The van der Waals surface area contributed by atoms with Gasteiger partial charge >= 0.3 is 0 Å². The Morgan fingerprint density at radius 1 is 1.16 bits per heavy atom. The minimum Gasteiger partial charge on any atom is -0.448 e. The highest BCUT2D eigenvalue weighted by atomic mass is 79.9. The van der Waals surface area contributed by atoms with Crippen molar-refractivity contribution in [3.05, 3.63) is 52.7 Å². The van der Waals surface area contributed by atoms with Crippen LogP contribution in [0.4, 0.5) is 5.82 Å². The van der Waals surface area contributed by atoms with Crippen molar-refractivity contribution in [2.75, 3.05) is 5.73 Å². The lowest BCUT2D eigenvalue weighted by molar-refractivity contribution is 0.553. The molecule has 0 spiro atoms. The highest BCUT2D eigenvalue weighted by molar-refractivity contribution is 9.10. The smallest absolute Gasteiger partial charge is 0.169 e. The maximum atomic E-state index is 6.00. The molecule has 0 aliphatic rings. The molecule has 0 atom stereocenters. The van der Waals surface area contributed by atoms with E-state index in [0.717, 1.165) is 5.69 Å². The van der Waals surface area contributed by atoms with Crippen molar-refractivity contribution in [3.8, 4) is 17.1 Å². The Morgan fingerprint density at radius 3 is 2.53 bits per heavy atom. The van der Waals surface area contributed by atoms with Crippen LogP contribution in [-0.2, 0) is 0 Å². The summed E-state index contributed by atoms with van der Waals surface area (Å²) < 4.78 is 7.85. The summed E-state index contributed by atoms with van der Waals surface area (Å²) in [5, 5.41) is 4.47. The molecule has 2 heterocycles. The summed E-state index contributed by atoms with van der Waals surface area (Å²) in [6.07, 6.45) is 0. The molecule has 96 valence electrons. The molecule has 5 heteroatoms. The molecule has 2 aromatic heterocycles. The van der Waals surface area contributed by atoms with Gasteiger partial charge in [-0.2, -0.15) is 5.10 Å². The number of benzene rings is 1. The van der Waals surface area contributed by atoms with Crippen LogP contribution in [-0.4, -0.2) is 9.78 Å². The van der Waals surface area contributed by atoms with E-state index in [4.69, 9.17) is 10.2 Å². The zero-order chi connectivity index (χ0) is 13.4. The van der Waals surface area contributed by atoms with Gasteiger partial charge in [0.2, 0.25) is 0 Å². The van der Waals surface area contributed by atoms with E-state index in [2.05, 4.69) is 21.0 Å². The molecular weight excluding hydrogens is 306 g/mol. The summed E-state index contributed by atoms with van der Waals surface area (Å²) >= 11 is 3.28. The van der Waals surface area contributed by atoms with E-state index in [-0.39, 0.29) is 0 Å². The number of rotatable bonds is 2. The number of aromatic nitrogens is 2. The highest BCUT2D eigenvalue weighted by Crippen LogP contribution is 2.26. The third-order valence-corrected chi connectivity index (χ3v) is 3.27. The van der Waals surface area contributed by atoms with Crippen molar-refractivity contribution in [3.63, 3.8) is 0 Å². The van der Waals surface area contributed by atoms with Crippen molar-refractivity contribution in [1.82, 2.24) is 9.78 Å². The molecule has 19 heavy (non-hydrogen) atoms. The average molecular weight is 318 g/mol. The second-order valence-corrected chi connectivity index (χ2v) is 5.09. The standard InChI is InChI=1S/C14H12BrN3O/c1-9-2-4-10(5-3-9)18-14(16)8-11(17-18)12-6-7-13(15)19-12/h2-8H,16H2,1H3. The van der Waals surface area contributed by atoms with Gasteiger partial charge in [-0.05, 0) is 47.1 Å². The van der Waals surface area contributed by atoms with Crippen LogP contribution in [0.25, 0.3) is 17.1 Å². The summed E-state index contributed by atoms with van der Waals surface area (Å²) in [7, 11) is 0. The maximum absolute atomic E-state index is 6.00. The Bertz CT molecular complexity index is 713. The predicted molar refractivity (Wildman–Crippen MR) is 78.1 cm³/mol. The van der Waals surface area contributed by atoms with Gasteiger partial charge in [-0.1, -0.05) is 17.7 Å². The van der Waals surface area contributed by atoms with Crippen LogP contribution in [0.5, 0.6) is 0 Å². The monoisotopic (exact) mass is 317 g/mol. The molecule has 3 aromatic rings. The van der Waals surface area contributed by atoms with Gasteiger partial charge in [-0.3, -0.25) is 0 Å². The Morgan fingerprint density at radius 2 is 1.89 bits per heavy atom. The van der Waals surface area contributed by atoms with Crippen molar-refractivity contribution >= 4 is 21.7 Å². The fourth-order valence-corrected chi connectivity index (χ4v) is 2.17. The first kappa shape index (κ1) is 12.0. The van der Waals surface area contributed by atoms with E-state index in [1.807, 2.05) is 43.3 Å². The second-order valence-electron chi connectivity index (χ2n) is 4.31. The van der Waals surface area contributed by atoms with Crippen LogP contribution in [0.15, 0.2) is 51.6 Å². The lowest BCUT2D eigenvalue weighted by Crippen LogP contribution is -2.01. The zero-order valence-electron chi connectivity index (χ0n) is 10.3. The molecule has 0 aliphatic carbocycles. The molecule has 0 radical (unpaired) electrons. The van der Waals surface area contributed by atoms with Gasteiger partial charge in [0.05, 0.1) is 5.69 Å². The summed E-state index contributed by atoms with van der Waals surface area (Å²) in [5.41, 5.74) is 8.84. The Kier molecular flexibility index (Phi) is 2.91. The lowest BCUT2D eigenvalue weighted by Gasteiger charge is -2.03. The van der Waals surface area contributed by atoms with E-state index < -0.39 is 0 Å². The first-order valence-electron chi connectivity index (χ1n) is 5.82. The first-order chi connectivity index (χ1) is 9.13. The molecule has 3 rings (SSSR count). The number of nitrogens with two attached hydrogens (primary N) is 1. The van der Waals surface area contributed by atoms with Crippen LogP contribution >= 0.6 is 15.9 Å². The topological polar surface area (TPSA) is 57.0 Å². The molecule has 0 saturated carbocycles. The van der Waals surface area contributed by atoms with Gasteiger partial charge < -0.3 is 10.2 Å². The normalized spacial score (nSPS) is 10.8. The third kappa shape index (κ3) is 2.29. The summed E-state index contributed by atoms with van der Waals surface area (Å²) in [6, 6.07) is 13.5. The molecule has 0 amide bonds. The molecule has 0 bridgehead atoms. The van der Waals surface area contributed by atoms with Crippen LogP contribution in [0.2, 0.25) is 0 Å². The van der Waals surface area contributed by atoms with Gasteiger partial charge in [0.1, 0.15) is 11.5 Å². The number of halogens is 1. The number of hydrogen-bond donors (Lipinski definition) is 1. The van der Waals surface area contributed by atoms with E-state index >= 15 is 0 Å². The first-order valence-corrected chi connectivity index (χ1v) is 6.61. The van der Waals surface area contributed by atoms with E-state index in [9.17, 15) is 0 Å². The Labute approximate surface area is 119 Å². The number of hydrogen-bond acceptors (Lipinski definition) is 3. The van der Waals surface area contributed by atoms with E-state index in [1.54, 1.807) is 10.7 Å². The molecule has 0 fully saturated rings. The largest absolute Gasteiger partial charge is 0.448 e. The molecule has 0 unspecified atom stereocenters. The molecule has 0 aliphatic heterocycles. The van der Waals surface area contributed by atoms with Gasteiger partial charge in [0, 0.05) is 6.07 Å². The maximum Gasteiger partial charge on any atom is 0.169 e. The SMILES string of the molecule is Cc1ccc(-n2nc(-c3ccc(Br)o3)cc2N)cc1. The van der Waals surface area contributed by atoms with Crippen LogP contribution in [0.3, 0.4) is 0 Å². The number of aryl methyl sites for hydroxylation is 1. The van der Waals surface area contributed by atoms with E-state index in [1.165, 1.54) is 5.56 Å². The van der Waals surface area contributed by atoms with Gasteiger partial charge in [0.25, 0.3) is 0 Å². The van der Waals surface area contributed by atoms with Crippen molar-refractivity contribution in [2.45, 2.75) is 6.92 Å². The average Bonchev–Trinajstić information content (AvgIpc) is 2.97. The van der Waals surface area contributed by atoms with Crippen LogP contribution in [0, 0.1) is 6.92 Å². The molecule has 1 aromatic carbocycles. The quantitative estimate of drug-likeness (QED) is 0.782. The van der Waals surface area contributed by atoms with Crippen molar-refractivity contribution in [1.29, 1.82) is 0 Å². The van der Waals surface area contributed by atoms with Gasteiger partial charge in [0.15, 0.2) is 10.4 Å². The Hall–Kier alpha value is -2.01. The third-order valence-electron chi connectivity index (χ3n) is 2.84. The lowest BCUT2D eigenvalue weighted by atomic mass is 10.2. The van der Waals surface area contributed by atoms with Crippen LogP contribution < -0.4 is 5.73 Å². The molecule has 0 saturated heterocycles. The minimum absolute atomic E-state index is 0.575. The summed E-state index contributed by atoms with van der Waals surface area (Å²) in [4.78, 5) is 0. The molecule has 4 nitrogen and oxygen atoms in total. The second kappa shape index (κ2) is 4.59. The Balaban J connectivity index is 2.04. The summed E-state index contributed by atoms with van der Waals surface area (Å²) in [6.45, 7) is 2.04. The van der Waals surface area contributed by atoms with Gasteiger partial charge in [-0.15, -0.1) is 0 Å².